The van der Waals surface area contributed by atoms with E-state index in [-0.39, 0.29) is 17.4 Å². The third kappa shape index (κ3) is 4.86. The molecule has 1 N–H and O–H groups in total. The average molecular weight is 313 g/mol. The fourth-order valence-corrected chi connectivity index (χ4v) is 2.80. The first-order valence-corrected chi connectivity index (χ1v) is 7.51. The predicted octanol–water partition coefficient (Wildman–Crippen LogP) is 4.21. The van der Waals surface area contributed by atoms with Gasteiger partial charge in [-0.3, -0.25) is 4.79 Å². The molecule has 22 heavy (non-hydrogen) atoms. The molecule has 1 fully saturated rings. The number of alkyl halides is 2. The van der Waals surface area contributed by atoms with Crippen molar-refractivity contribution in [3.63, 3.8) is 0 Å². The molecule has 0 radical (unpaired) electrons. The van der Waals surface area contributed by atoms with Crippen LogP contribution in [0.3, 0.4) is 0 Å². The summed E-state index contributed by atoms with van der Waals surface area (Å²) in [5.41, 5.74) is 0.424. The zero-order valence-corrected chi connectivity index (χ0v) is 12.6. The summed E-state index contributed by atoms with van der Waals surface area (Å²) in [7, 11) is 1.37. The number of anilines is 1. The molecule has 0 saturated heterocycles. The minimum absolute atomic E-state index is 0.0916. The number of methoxy groups -OCH3 is 1. The molecule has 1 aliphatic carbocycles. The van der Waals surface area contributed by atoms with Crippen molar-refractivity contribution in [1.82, 2.24) is 0 Å². The van der Waals surface area contributed by atoms with Crippen molar-refractivity contribution >= 4 is 11.6 Å². The van der Waals surface area contributed by atoms with E-state index in [1.54, 1.807) is 6.07 Å². The molecule has 0 aromatic heterocycles. The third-order valence-corrected chi connectivity index (χ3v) is 3.92. The molecule has 1 aromatic carbocycles. The largest absolute Gasteiger partial charge is 0.493 e. The summed E-state index contributed by atoms with van der Waals surface area (Å²) in [6, 6.07) is 4.44. The quantitative estimate of drug-likeness (QED) is 0.820. The van der Waals surface area contributed by atoms with Gasteiger partial charge in [-0.1, -0.05) is 25.7 Å². The van der Waals surface area contributed by atoms with Gasteiger partial charge >= 0.3 is 6.61 Å². The first-order chi connectivity index (χ1) is 10.6. The Kier molecular flexibility index (Phi) is 5.98. The Morgan fingerprint density at radius 2 is 2.05 bits per heavy atom. The van der Waals surface area contributed by atoms with Crippen LogP contribution in [0.25, 0.3) is 0 Å². The number of carbonyl (C=O) groups excluding carboxylic acids is 1. The highest BCUT2D eigenvalue weighted by molar-refractivity contribution is 5.91. The maximum Gasteiger partial charge on any atom is 0.387 e. The van der Waals surface area contributed by atoms with Gasteiger partial charge in [0.2, 0.25) is 5.91 Å². The van der Waals surface area contributed by atoms with Gasteiger partial charge in [-0.25, -0.2) is 0 Å². The van der Waals surface area contributed by atoms with Crippen LogP contribution in [0.1, 0.15) is 38.5 Å². The van der Waals surface area contributed by atoms with Gasteiger partial charge in [0.15, 0.2) is 11.5 Å². The summed E-state index contributed by atoms with van der Waals surface area (Å²) in [6.07, 6.45) is 6.21. The van der Waals surface area contributed by atoms with E-state index in [4.69, 9.17) is 4.74 Å². The van der Waals surface area contributed by atoms with Gasteiger partial charge in [0, 0.05) is 18.2 Å². The Morgan fingerprint density at radius 3 is 2.68 bits per heavy atom. The lowest BCUT2D eigenvalue weighted by Crippen LogP contribution is -2.13. The number of nitrogens with one attached hydrogen (secondary N) is 1. The van der Waals surface area contributed by atoms with Crippen LogP contribution >= 0.6 is 0 Å². The lowest BCUT2D eigenvalue weighted by Gasteiger charge is -2.13. The highest BCUT2D eigenvalue weighted by Gasteiger charge is 2.17. The van der Waals surface area contributed by atoms with Crippen molar-refractivity contribution in [2.75, 3.05) is 12.4 Å². The second-order valence-electron chi connectivity index (χ2n) is 5.48. The number of amides is 1. The maximum atomic E-state index is 12.4. The number of benzene rings is 1. The molecule has 4 nitrogen and oxygen atoms in total. The van der Waals surface area contributed by atoms with E-state index in [1.807, 2.05) is 0 Å². The zero-order valence-electron chi connectivity index (χ0n) is 12.6. The smallest absolute Gasteiger partial charge is 0.387 e. The van der Waals surface area contributed by atoms with Crippen LogP contribution in [-0.4, -0.2) is 19.6 Å². The van der Waals surface area contributed by atoms with Gasteiger partial charge in [0.1, 0.15) is 0 Å². The van der Waals surface area contributed by atoms with Crippen molar-refractivity contribution in [3.05, 3.63) is 18.2 Å². The van der Waals surface area contributed by atoms with E-state index in [9.17, 15) is 13.6 Å². The van der Waals surface area contributed by atoms with Gasteiger partial charge in [-0.05, 0) is 24.5 Å². The molecule has 0 aliphatic heterocycles. The second kappa shape index (κ2) is 7.96. The number of carbonyl (C=O) groups is 1. The third-order valence-electron chi connectivity index (χ3n) is 3.92. The summed E-state index contributed by atoms with van der Waals surface area (Å²) in [6.45, 7) is -2.94. The fraction of sp³-hybridized carbons (Fsp3) is 0.562. The summed E-state index contributed by atoms with van der Waals surface area (Å²) in [5.74, 6) is 0.634. The lowest BCUT2D eigenvalue weighted by molar-refractivity contribution is -0.116. The summed E-state index contributed by atoms with van der Waals surface area (Å²) < 4.78 is 34.1. The Morgan fingerprint density at radius 1 is 1.32 bits per heavy atom. The van der Waals surface area contributed by atoms with Crippen molar-refractivity contribution < 1.29 is 23.0 Å². The average Bonchev–Trinajstić information content (AvgIpc) is 2.98. The topological polar surface area (TPSA) is 47.6 Å². The second-order valence-corrected chi connectivity index (χ2v) is 5.48. The molecule has 6 heteroatoms. The maximum absolute atomic E-state index is 12.4. The molecule has 0 spiro atoms. The number of rotatable bonds is 7. The molecule has 0 bridgehead atoms. The van der Waals surface area contributed by atoms with Crippen molar-refractivity contribution in [2.24, 2.45) is 5.92 Å². The standard InChI is InChI=1S/C16H21F2NO3/c1-21-13-8-7-12(10-14(13)22-16(17)18)19-15(20)9-6-11-4-2-3-5-11/h7-8,10-11,16H,2-6,9H2,1H3,(H,19,20). The Labute approximate surface area is 128 Å². The van der Waals surface area contributed by atoms with Crippen LogP contribution in [0.15, 0.2) is 18.2 Å². The molecule has 0 atom stereocenters. The van der Waals surface area contributed by atoms with Crippen LogP contribution in [0, 0.1) is 5.92 Å². The van der Waals surface area contributed by atoms with Gasteiger partial charge in [0.05, 0.1) is 7.11 Å². The van der Waals surface area contributed by atoms with Crippen molar-refractivity contribution in [3.8, 4) is 11.5 Å². The SMILES string of the molecule is COc1ccc(NC(=O)CCC2CCCC2)cc1OC(F)F. The van der Waals surface area contributed by atoms with Crippen LogP contribution in [0.2, 0.25) is 0 Å². The molecular formula is C16H21F2NO3. The predicted molar refractivity (Wildman–Crippen MR) is 79.4 cm³/mol. The highest BCUT2D eigenvalue weighted by Crippen LogP contribution is 2.32. The van der Waals surface area contributed by atoms with E-state index in [0.717, 1.165) is 6.42 Å². The van der Waals surface area contributed by atoms with Crippen LogP contribution in [0.5, 0.6) is 11.5 Å². The van der Waals surface area contributed by atoms with Crippen LogP contribution in [-0.2, 0) is 4.79 Å². The molecule has 122 valence electrons. The highest BCUT2D eigenvalue weighted by atomic mass is 19.3. The van der Waals surface area contributed by atoms with E-state index in [2.05, 4.69) is 10.1 Å². The minimum Gasteiger partial charge on any atom is -0.493 e. The Hall–Kier alpha value is -1.85. The van der Waals surface area contributed by atoms with Crippen LogP contribution < -0.4 is 14.8 Å². The molecule has 1 amide bonds. The molecular weight excluding hydrogens is 292 g/mol. The van der Waals surface area contributed by atoms with E-state index >= 15 is 0 Å². The normalized spacial score (nSPS) is 15.1. The fourth-order valence-electron chi connectivity index (χ4n) is 2.80. The Bertz CT molecular complexity index is 502. The van der Waals surface area contributed by atoms with E-state index < -0.39 is 6.61 Å². The van der Waals surface area contributed by atoms with E-state index in [1.165, 1.54) is 44.9 Å². The monoisotopic (exact) mass is 313 g/mol. The van der Waals surface area contributed by atoms with Gasteiger partial charge < -0.3 is 14.8 Å². The lowest BCUT2D eigenvalue weighted by atomic mass is 10.0. The van der Waals surface area contributed by atoms with Crippen molar-refractivity contribution in [2.45, 2.75) is 45.1 Å². The molecule has 0 unspecified atom stereocenters. The summed E-state index contributed by atoms with van der Waals surface area (Å²) in [4.78, 5) is 11.9. The summed E-state index contributed by atoms with van der Waals surface area (Å²) in [5, 5.41) is 2.71. The number of ether oxygens (including phenoxy) is 2. The van der Waals surface area contributed by atoms with Gasteiger partial charge in [-0.15, -0.1) is 0 Å². The van der Waals surface area contributed by atoms with Crippen LogP contribution in [0.4, 0.5) is 14.5 Å². The summed E-state index contributed by atoms with van der Waals surface area (Å²) >= 11 is 0. The minimum atomic E-state index is -2.94. The van der Waals surface area contributed by atoms with E-state index in [0.29, 0.717) is 18.0 Å². The first kappa shape index (κ1) is 16.5. The molecule has 1 saturated carbocycles. The molecule has 1 aliphatic rings. The van der Waals surface area contributed by atoms with Crippen molar-refractivity contribution in [1.29, 1.82) is 0 Å². The zero-order chi connectivity index (χ0) is 15.9. The molecule has 1 aromatic rings. The molecule has 2 rings (SSSR count). The number of halogens is 2. The van der Waals surface area contributed by atoms with Gasteiger partial charge in [-0.2, -0.15) is 8.78 Å². The Balaban J connectivity index is 1.91. The van der Waals surface area contributed by atoms with Gasteiger partial charge in [0.25, 0.3) is 0 Å². The number of hydrogen-bond acceptors (Lipinski definition) is 3. The number of hydrogen-bond donors (Lipinski definition) is 1. The first-order valence-electron chi connectivity index (χ1n) is 7.51. The molecule has 0 heterocycles.